The summed E-state index contributed by atoms with van der Waals surface area (Å²) in [6.07, 6.45) is 0. The molecular formula is C14H19N5O2. The second-order valence-corrected chi connectivity index (χ2v) is 5.93. The normalized spacial score (nSPS) is 12.2. The fourth-order valence-corrected chi connectivity index (χ4v) is 1.71. The van der Waals surface area contributed by atoms with E-state index >= 15 is 0 Å². The van der Waals surface area contributed by atoms with Crippen LogP contribution in [-0.4, -0.2) is 36.8 Å². The standard InChI is InChI=1S/C14H19N5O2/c1-13(2,11(20)21)14(3,4)15-12-16-17-18-19(12)10-8-6-5-7-9-10/h5-9H,1-4H3,(H,20,21)(H,15,16,18). The van der Waals surface area contributed by atoms with E-state index in [2.05, 4.69) is 20.8 Å². The van der Waals surface area contributed by atoms with Gasteiger partial charge in [0.2, 0.25) is 5.95 Å². The highest BCUT2D eigenvalue weighted by Crippen LogP contribution is 2.33. The number of rotatable bonds is 5. The van der Waals surface area contributed by atoms with Crippen LogP contribution in [0.1, 0.15) is 27.7 Å². The number of nitrogens with one attached hydrogen (secondary N) is 1. The molecule has 21 heavy (non-hydrogen) atoms. The Kier molecular flexibility index (Phi) is 3.67. The van der Waals surface area contributed by atoms with Gasteiger partial charge in [-0.25, -0.2) is 0 Å². The van der Waals surface area contributed by atoms with Crippen LogP contribution in [0.3, 0.4) is 0 Å². The second kappa shape index (κ2) is 5.16. The maximum atomic E-state index is 11.5. The molecule has 0 aliphatic rings. The average Bonchev–Trinajstić information content (AvgIpc) is 2.86. The van der Waals surface area contributed by atoms with Crippen LogP contribution in [-0.2, 0) is 4.79 Å². The summed E-state index contributed by atoms with van der Waals surface area (Å²) in [5.74, 6) is -0.487. The summed E-state index contributed by atoms with van der Waals surface area (Å²) in [5, 5.41) is 24.1. The molecule has 2 aromatic rings. The summed E-state index contributed by atoms with van der Waals surface area (Å²) in [6, 6.07) is 9.41. The number of aromatic nitrogens is 4. The van der Waals surface area contributed by atoms with Crippen LogP contribution in [0.4, 0.5) is 5.95 Å². The third-order valence-electron chi connectivity index (χ3n) is 3.99. The van der Waals surface area contributed by atoms with Gasteiger partial charge < -0.3 is 10.4 Å². The van der Waals surface area contributed by atoms with Crippen LogP contribution in [0.25, 0.3) is 5.69 Å². The quantitative estimate of drug-likeness (QED) is 0.874. The molecule has 112 valence electrons. The van der Waals surface area contributed by atoms with Crippen LogP contribution in [0.15, 0.2) is 30.3 Å². The number of carbonyl (C=O) groups is 1. The first-order valence-corrected chi connectivity index (χ1v) is 6.61. The Bertz CT molecular complexity index is 634. The van der Waals surface area contributed by atoms with Crippen LogP contribution >= 0.6 is 0 Å². The van der Waals surface area contributed by atoms with Crippen LogP contribution < -0.4 is 5.32 Å². The number of para-hydroxylation sites is 1. The molecule has 7 nitrogen and oxygen atoms in total. The Hall–Kier alpha value is -2.44. The molecule has 0 amide bonds. The summed E-state index contributed by atoms with van der Waals surface area (Å²) in [4.78, 5) is 11.5. The van der Waals surface area contributed by atoms with Crippen LogP contribution in [0.5, 0.6) is 0 Å². The first-order valence-electron chi connectivity index (χ1n) is 6.61. The number of benzene rings is 1. The number of nitrogens with zero attached hydrogens (tertiary/aromatic N) is 4. The first-order chi connectivity index (χ1) is 9.75. The zero-order valence-electron chi connectivity index (χ0n) is 12.5. The van der Waals surface area contributed by atoms with Gasteiger partial charge in [-0.15, -0.1) is 0 Å². The van der Waals surface area contributed by atoms with Gasteiger partial charge in [-0.2, -0.15) is 4.68 Å². The van der Waals surface area contributed by atoms with Gasteiger partial charge in [-0.3, -0.25) is 4.79 Å². The van der Waals surface area contributed by atoms with Crippen molar-refractivity contribution < 1.29 is 9.90 Å². The van der Waals surface area contributed by atoms with E-state index in [4.69, 9.17) is 0 Å². The topological polar surface area (TPSA) is 92.9 Å². The van der Waals surface area contributed by atoms with Crippen molar-refractivity contribution >= 4 is 11.9 Å². The summed E-state index contributed by atoms with van der Waals surface area (Å²) >= 11 is 0. The van der Waals surface area contributed by atoms with E-state index in [9.17, 15) is 9.90 Å². The van der Waals surface area contributed by atoms with E-state index in [1.807, 2.05) is 44.2 Å². The largest absolute Gasteiger partial charge is 0.481 e. The Balaban J connectivity index is 2.34. The highest BCUT2D eigenvalue weighted by Gasteiger charge is 2.44. The number of hydrogen-bond donors (Lipinski definition) is 2. The fraction of sp³-hybridized carbons (Fsp3) is 0.429. The first kappa shape index (κ1) is 15.0. The predicted octanol–water partition coefficient (Wildman–Crippen LogP) is 1.96. The van der Waals surface area contributed by atoms with Gasteiger partial charge in [-0.1, -0.05) is 23.3 Å². The Morgan fingerprint density at radius 2 is 1.81 bits per heavy atom. The van der Waals surface area contributed by atoms with Gasteiger partial charge in [0, 0.05) is 0 Å². The van der Waals surface area contributed by atoms with E-state index in [-0.39, 0.29) is 0 Å². The summed E-state index contributed by atoms with van der Waals surface area (Å²) in [6.45, 7) is 6.95. The minimum atomic E-state index is -1.000. The molecule has 2 rings (SSSR count). The average molecular weight is 289 g/mol. The lowest BCUT2D eigenvalue weighted by Crippen LogP contribution is -2.51. The molecule has 0 radical (unpaired) electrons. The van der Waals surface area contributed by atoms with Gasteiger partial charge in [0.25, 0.3) is 0 Å². The molecule has 1 aromatic heterocycles. The van der Waals surface area contributed by atoms with Crippen molar-refractivity contribution in [2.75, 3.05) is 5.32 Å². The van der Waals surface area contributed by atoms with Gasteiger partial charge in [0.15, 0.2) is 0 Å². The van der Waals surface area contributed by atoms with Gasteiger partial charge >= 0.3 is 5.97 Å². The lowest BCUT2D eigenvalue weighted by Gasteiger charge is -2.38. The van der Waals surface area contributed by atoms with Gasteiger partial charge in [0.05, 0.1) is 16.6 Å². The van der Waals surface area contributed by atoms with Crippen molar-refractivity contribution in [2.45, 2.75) is 33.2 Å². The van der Waals surface area contributed by atoms with Gasteiger partial charge in [-0.05, 0) is 50.3 Å². The molecule has 0 aliphatic heterocycles. The molecule has 0 unspecified atom stereocenters. The third kappa shape index (κ3) is 2.72. The zero-order chi connectivity index (χ0) is 15.7. The van der Waals surface area contributed by atoms with Crippen molar-refractivity contribution in [3.05, 3.63) is 30.3 Å². The van der Waals surface area contributed by atoms with Crippen molar-refractivity contribution in [3.8, 4) is 5.69 Å². The molecule has 0 bridgehead atoms. The maximum absolute atomic E-state index is 11.5. The Morgan fingerprint density at radius 3 is 2.38 bits per heavy atom. The van der Waals surface area contributed by atoms with Crippen LogP contribution in [0, 0.1) is 5.41 Å². The fourth-order valence-electron chi connectivity index (χ4n) is 1.71. The molecule has 0 saturated carbocycles. The maximum Gasteiger partial charge on any atom is 0.311 e. The predicted molar refractivity (Wildman–Crippen MR) is 78.3 cm³/mol. The lowest BCUT2D eigenvalue weighted by molar-refractivity contribution is -0.149. The number of carboxylic acids is 1. The molecule has 2 N–H and O–H groups in total. The number of anilines is 1. The van der Waals surface area contributed by atoms with Crippen molar-refractivity contribution in [1.82, 2.24) is 20.2 Å². The molecule has 1 heterocycles. The van der Waals surface area contributed by atoms with E-state index in [0.717, 1.165) is 5.69 Å². The van der Waals surface area contributed by atoms with Crippen LogP contribution in [0.2, 0.25) is 0 Å². The highest BCUT2D eigenvalue weighted by atomic mass is 16.4. The summed E-state index contributed by atoms with van der Waals surface area (Å²) < 4.78 is 1.54. The molecule has 0 aliphatic carbocycles. The molecule has 1 aromatic carbocycles. The monoisotopic (exact) mass is 289 g/mol. The molecule has 7 heteroatoms. The van der Waals surface area contributed by atoms with Crippen molar-refractivity contribution in [2.24, 2.45) is 5.41 Å². The van der Waals surface area contributed by atoms with E-state index in [1.165, 1.54) is 0 Å². The smallest absolute Gasteiger partial charge is 0.311 e. The number of tetrazole rings is 1. The SMILES string of the molecule is CC(C)(Nc1nnnn1-c1ccccc1)C(C)(C)C(=O)O. The third-order valence-corrected chi connectivity index (χ3v) is 3.99. The number of aliphatic carboxylic acids is 1. The van der Waals surface area contributed by atoms with Crippen molar-refractivity contribution in [3.63, 3.8) is 0 Å². The molecule has 0 fully saturated rings. The van der Waals surface area contributed by atoms with E-state index in [0.29, 0.717) is 5.95 Å². The number of carboxylic acid groups (broad SMARTS) is 1. The van der Waals surface area contributed by atoms with Gasteiger partial charge in [0.1, 0.15) is 0 Å². The summed E-state index contributed by atoms with van der Waals surface area (Å²) in [5.41, 5.74) is -0.950. The van der Waals surface area contributed by atoms with E-state index < -0.39 is 16.9 Å². The lowest BCUT2D eigenvalue weighted by atomic mass is 9.74. The number of hydrogen-bond acceptors (Lipinski definition) is 5. The molecule has 0 atom stereocenters. The molecule has 0 spiro atoms. The molecular weight excluding hydrogens is 270 g/mol. The minimum Gasteiger partial charge on any atom is -0.481 e. The Morgan fingerprint density at radius 1 is 1.19 bits per heavy atom. The Labute approximate surface area is 123 Å². The van der Waals surface area contributed by atoms with E-state index in [1.54, 1.807) is 18.5 Å². The summed E-state index contributed by atoms with van der Waals surface area (Å²) in [7, 11) is 0. The molecule has 0 saturated heterocycles. The zero-order valence-corrected chi connectivity index (χ0v) is 12.5. The minimum absolute atomic E-state index is 0.403. The second-order valence-electron chi connectivity index (χ2n) is 5.93. The highest BCUT2D eigenvalue weighted by molar-refractivity contribution is 5.76. The van der Waals surface area contributed by atoms with Crippen molar-refractivity contribution in [1.29, 1.82) is 0 Å².